The van der Waals surface area contributed by atoms with E-state index >= 15 is 0 Å². The highest BCUT2D eigenvalue weighted by molar-refractivity contribution is 5.85. The van der Waals surface area contributed by atoms with Crippen LogP contribution in [0.15, 0.2) is 0 Å². The summed E-state index contributed by atoms with van der Waals surface area (Å²) in [4.78, 5) is 24.5. The van der Waals surface area contributed by atoms with Crippen molar-refractivity contribution in [3.05, 3.63) is 0 Å². The topological polar surface area (TPSA) is 78.9 Å². The maximum absolute atomic E-state index is 11.9. The minimum Gasteiger partial charge on any atom is -0.480 e. The van der Waals surface area contributed by atoms with E-state index in [1.54, 1.807) is 4.90 Å². The molecule has 0 radical (unpaired) electrons. The van der Waals surface area contributed by atoms with Gasteiger partial charge in [-0.1, -0.05) is 0 Å². The van der Waals surface area contributed by atoms with Crippen LogP contribution in [-0.2, 0) is 9.53 Å². The highest BCUT2D eigenvalue weighted by atomic mass is 16.5. The summed E-state index contributed by atoms with van der Waals surface area (Å²) < 4.78 is 5.50. The van der Waals surface area contributed by atoms with Crippen LogP contribution in [0.4, 0.5) is 4.79 Å². The predicted molar refractivity (Wildman–Crippen MR) is 66.5 cm³/mol. The molecule has 1 saturated heterocycles. The molecular formula is C12H22N2O4. The van der Waals surface area contributed by atoms with E-state index in [2.05, 4.69) is 5.32 Å². The van der Waals surface area contributed by atoms with Gasteiger partial charge in [0.2, 0.25) is 0 Å². The Morgan fingerprint density at radius 1 is 1.39 bits per heavy atom. The first-order valence-corrected chi connectivity index (χ1v) is 6.29. The quantitative estimate of drug-likeness (QED) is 0.790. The molecule has 2 amide bonds. The van der Waals surface area contributed by atoms with Gasteiger partial charge in [-0.3, -0.25) is 0 Å². The van der Waals surface area contributed by atoms with Crippen LogP contribution in [0, 0.1) is 0 Å². The van der Waals surface area contributed by atoms with Crippen molar-refractivity contribution in [1.82, 2.24) is 10.2 Å². The van der Waals surface area contributed by atoms with Gasteiger partial charge in [0.15, 0.2) is 0 Å². The van der Waals surface area contributed by atoms with Crippen molar-refractivity contribution in [2.75, 3.05) is 19.7 Å². The molecule has 18 heavy (non-hydrogen) atoms. The van der Waals surface area contributed by atoms with Gasteiger partial charge in [0, 0.05) is 19.7 Å². The lowest BCUT2D eigenvalue weighted by molar-refractivity contribution is -0.143. The number of urea groups is 1. The summed E-state index contributed by atoms with van der Waals surface area (Å²) in [5, 5.41) is 11.5. The average molecular weight is 258 g/mol. The van der Waals surface area contributed by atoms with Gasteiger partial charge in [0.1, 0.15) is 5.54 Å². The van der Waals surface area contributed by atoms with Crippen molar-refractivity contribution in [1.29, 1.82) is 0 Å². The Balaban J connectivity index is 2.43. The molecule has 1 fully saturated rings. The number of likely N-dealkylation sites (tertiary alicyclic amines) is 1. The van der Waals surface area contributed by atoms with Crippen LogP contribution in [0.3, 0.4) is 0 Å². The number of piperidine rings is 1. The standard InChI is InChI=1S/C12H22N2O4/c1-4-18-9-5-7-14(8-6-9)11(17)13-12(2,3)10(15)16/h9H,4-8H2,1-3H3,(H,13,17)(H,15,16). The largest absolute Gasteiger partial charge is 0.480 e. The molecule has 0 aromatic carbocycles. The average Bonchev–Trinajstić information content (AvgIpc) is 2.29. The van der Waals surface area contributed by atoms with Gasteiger partial charge in [-0.25, -0.2) is 9.59 Å². The summed E-state index contributed by atoms with van der Waals surface area (Å²) in [5.74, 6) is -1.04. The SMILES string of the molecule is CCOC1CCN(C(=O)NC(C)(C)C(=O)O)CC1. The molecule has 0 aromatic rings. The fourth-order valence-electron chi connectivity index (χ4n) is 1.86. The highest BCUT2D eigenvalue weighted by Crippen LogP contribution is 2.14. The zero-order chi connectivity index (χ0) is 13.8. The van der Waals surface area contributed by atoms with E-state index in [0.29, 0.717) is 19.7 Å². The van der Waals surface area contributed by atoms with Crippen LogP contribution in [0.5, 0.6) is 0 Å². The molecule has 0 aromatic heterocycles. The fourth-order valence-corrected chi connectivity index (χ4v) is 1.86. The van der Waals surface area contributed by atoms with E-state index in [1.165, 1.54) is 13.8 Å². The Morgan fingerprint density at radius 3 is 2.39 bits per heavy atom. The Kier molecular flexibility index (Phi) is 4.95. The van der Waals surface area contributed by atoms with E-state index < -0.39 is 11.5 Å². The molecule has 0 unspecified atom stereocenters. The molecular weight excluding hydrogens is 236 g/mol. The van der Waals surface area contributed by atoms with Crippen LogP contribution in [-0.4, -0.2) is 53.3 Å². The predicted octanol–water partition coefficient (Wildman–Crippen LogP) is 1.06. The molecule has 0 saturated carbocycles. The van der Waals surface area contributed by atoms with Crippen molar-refractivity contribution >= 4 is 12.0 Å². The van der Waals surface area contributed by atoms with Crippen LogP contribution in [0.2, 0.25) is 0 Å². The lowest BCUT2D eigenvalue weighted by Crippen LogP contribution is -2.55. The number of hydrogen-bond acceptors (Lipinski definition) is 3. The molecule has 104 valence electrons. The van der Waals surface area contributed by atoms with Gasteiger partial charge in [-0.05, 0) is 33.6 Å². The first kappa shape index (κ1) is 14.8. The fraction of sp³-hybridized carbons (Fsp3) is 0.833. The summed E-state index contributed by atoms with van der Waals surface area (Å²) in [6.07, 6.45) is 1.82. The van der Waals surface area contributed by atoms with Gasteiger partial charge >= 0.3 is 12.0 Å². The number of carbonyl (C=O) groups is 2. The molecule has 1 heterocycles. The molecule has 1 rings (SSSR count). The summed E-state index contributed by atoms with van der Waals surface area (Å²) in [6.45, 7) is 6.79. The third-order valence-electron chi connectivity index (χ3n) is 3.09. The van der Waals surface area contributed by atoms with Crippen molar-refractivity contribution < 1.29 is 19.4 Å². The van der Waals surface area contributed by atoms with Crippen molar-refractivity contribution in [2.45, 2.75) is 45.3 Å². The van der Waals surface area contributed by atoms with E-state index in [1.807, 2.05) is 6.92 Å². The first-order chi connectivity index (χ1) is 8.36. The number of rotatable bonds is 4. The summed E-state index contributed by atoms with van der Waals surface area (Å²) in [5.41, 5.74) is -1.24. The lowest BCUT2D eigenvalue weighted by atomic mass is 10.1. The van der Waals surface area contributed by atoms with Crippen molar-refractivity contribution in [3.8, 4) is 0 Å². The van der Waals surface area contributed by atoms with E-state index in [-0.39, 0.29) is 12.1 Å². The van der Waals surface area contributed by atoms with Crippen LogP contribution in [0.1, 0.15) is 33.6 Å². The number of nitrogens with zero attached hydrogens (tertiary/aromatic N) is 1. The van der Waals surface area contributed by atoms with Gasteiger partial charge < -0.3 is 20.1 Å². The summed E-state index contributed by atoms with van der Waals surface area (Å²) >= 11 is 0. The van der Waals surface area contributed by atoms with Crippen LogP contribution >= 0.6 is 0 Å². The van der Waals surface area contributed by atoms with Gasteiger partial charge in [0.05, 0.1) is 6.10 Å². The number of hydrogen-bond donors (Lipinski definition) is 2. The summed E-state index contributed by atoms with van der Waals surface area (Å²) in [6, 6.07) is -0.322. The molecule has 0 atom stereocenters. The number of ether oxygens (including phenoxy) is 1. The minimum absolute atomic E-state index is 0.214. The third kappa shape index (κ3) is 3.87. The highest BCUT2D eigenvalue weighted by Gasteiger charge is 2.32. The van der Waals surface area contributed by atoms with E-state index in [9.17, 15) is 9.59 Å². The van der Waals surface area contributed by atoms with Crippen molar-refractivity contribution in [2.24, 2.45) is 0 Å². The third-order valence-corrected chi connectivity index (χ3v) is 3.09. The lowest BCUT2D eigenvalue weighted by Gasteiger charge is -2.33. The zero-order valence-corrected chi connectivity index (χ0v) is 11.2. The van der Waals surface area contributed by atoms with Crippen LogP contribution < -0.4 is 5.32 Å². The number of amides is 2. The van der Waals surface area contributed by atoms with Gasteiger partial charge in [-0.2, -0.15) is 0 Å². The molecule has 0 spiro atoms. The minimum atomic E-state index is -1.24. The maximum atomic E-state index is 11.9. The monoisotopic (exact) mass is 258 g/mol. The van der Waals surface area contributed by atoms with Gasteiger partial charge in [0.25, 0.3) is 0 Å². The molecule has 0 bridgehead atoms. The number of carboxylic acid groups (broad SMARTS) is 1. The second-order valence-corrected chi connectivity index (χ2v) is 5.00. The number of carbonyl (C=O) groups excluding carboxylic acids is 1. The Morgan fingerprint density at radius 2 is 1.94 bits per heavy atom. The Labute approximate surface area is 107 Å². The number of carboxylic acids is 1. The van der Waals surface area contributed by atoms with Crippen molar-refractivity contribution in [3.63, 3.8) is 0 Å². The molecule has 6 heteroatoms. The Bertz CT molecular complexity index is 309. The van der Waals surface area contributed by atoms with Gasteiger partial charge in [-0.15, -0.1) is 0 Å². The molecule has 0 aliphatic carbocycles. The first-order valence-electron chi connectivity index (χ1n) is 6.29. The maximum Gasteiger partial charge on any atom is 0.328 e. The van der Waals surface area contributed by atoms with E-state index in [4.69, 9.17) is 9.84 Å². The second kappa shape index (κ2) is 6.04. The second-order valence-electron chi connectivity index (χ2n) is 5.00. The molecule has 1 aliphatic heterocycles. The number of aliphatic carboxylic acids is 1. The molecule has 6 nitrogen and oxygen atoms in total. The normalized spacial score (nSPS) is 17.6. The smallest absolute Gasteiger partial charge is 0.328 e. The van der Waals surface area contributed by atoms with Crippen LogP contribution in [0.25, 0.3) is 0 Å². The molecule has 1 aliphatic rings. The Hall–Kier alpha value is -1.30. The number of nitrogens with one attached hydrogen (secondary N) is 1. The summed E-state index contributed by atoms with van der Waals surface area (Å²) in [7, 11) is 0. The van der Waals surface area contributed by atoms with E-state index in [0.717, 1.165) is 12.8 Å². The molecule has 2 N–H and O–H groups in total. The zero-order valence-electron chi connectivity index (χ0n) is 11.2.